The molecule has 0 spiro atoms. The number of rotatable bonds is 2. The van der Waals surface area contributed by atoms with E-state index in [2.05, 4.69) is 25.8 Å². The number of nitrogens with zero attached hydrogens (tertiary/aromatic N) is 4. The van der Waals surface area contributed by atoms with Gasteiger partial charge in [0.2, 0.25) is 5.65 Å². The van der Waals surface area contributed by atoms with Crippen molar-refractivity contribution in [2.75, 3.05) is 18.4 Å². The molecule has 2 aromatic heterocycles. The Morgan fingerprint density at radius 1 is 1.41 bits per heavy atom. The summed E-state index contributed by atoms with van der Waals surface area (Å²) in [5.74, 6) is 0.809. The van der Waals surface area contributed by atoms with Crippen molar-refractivity contribution in [1.29, 1.82) is 0 Å². The van der Waals surface area contributed by atoms with Gasteiger partial charge in [0, 0.05) is 25.0 Å². The van der Waals surface area contributed by atoms with Crippen LogP contribution >= 0.6 is 24.8 Å². The van der Waals surface area contributed by atoms with Gasteiger partial charge in [0.1, 0.15) is 6.33 Å². The Hall–Kier alpha value is -1.11. The van der Waals surface area contributed by atoms with E-state index in [-0.39, 0.29) is 24.8 Å². The van der Waals surface area contributed by atoms with Gasteiger partial charge in [-0.05, 0) is 13.0 Å². The zero-order chi connectivity index (χ0) is 10.1. The molecule has 94 valence electrons. The molecule has 1 saturated heterocycles. The second-order valence-corrected chi connectivity index (χ2v) is 3.67. The quantitative estimate of drug-likeness (QED) is 0.847. The lowest BCUT2D eigenvalue weighted by molar-refractivity contribution is 0.787. The molecule has 1 fully saturated rings. The van der Waals surface area contributed by atoms with E-state index in [0.717, 1.165) is 31.0 Å². The highest BCUT2D eigenvalue weighted by molar-refractivity contribution is 5.85. The van der Waals surface area contributed by atoms with Gasteiger partial charge in [0.25, 0.3) is 0 Å². The standard InChI is InChI=1S/C9H12N6.2ClH/c1-2-10-5-7(1)13-8-9-14-12-6-15(9)4-3-11-8;;/h3-4,6-7,10H,1-2,5H2,(H,11,13);2*1H. The van der Waals surface area contributed by atoms with E-state index in [1.165, 1.54) is 0 Å². The normalized spacial score (nSPS) is 18.5. The molecule has 2 aromatic rings. The van der Waals surface area contributed by atoms with Crippen molar-refractivity contribution in [1.82, 2.24) is 24.9 Å². The smallest absolute Gasteiger partial charge is 0.203 e. The third-order valence-electron chi connectivity index (χ3n) is 2.62. The lowest BCUT2D eigenvalue weighted by Gasteiger charge is -2.11. The molecule has 1 atom stereocenters. The number of hydrogen-bond acceptors (Lipinski definition) is 5. The first kappa shape index (κ1) is 14.0. The average molecular weight is 277 g/mol. The Morgan fingerprint density at radius 3 is 3.06 bits per heavy atom. The van der Waals surface area contributed by atoms with Crippen molar-refractivity contribution >= 4 is 36.3 Å². The molecular weight excluding hydrogens is 263 g/mol. The first-order chi connectivity index (χ1) is 7.43. The van der Waals surface area contributed by atoms with E-state index in [1.54, 1.807) is 12.5 Å². The van der Waals surface area contributed by atoms with Crippen molar-refractivity contribution in [3.63, 3.8) is 0 Å². The fourth-order valence-electron chi connectivity index (χ4n) is 1.83. The van der Waals surface area contributed by atoms with Crippen LogP contribution in [0.3, 0.4) is 0 Å². The summed E-state index contributed by atoms with van der Waals surface area (Å²) >= 11 is 0. The van der Waals surface area contributed by atoms with Crippen LogP contribution in [0.1, 0.15) is 6.42 Å². The van der Waals surface area contributed by atoms with E-state index in [1.807, 2.05) is 10.6 Å². The van der Waals surface area contributed by atoms with Gasteiger partial charge in [-0.2, -0.15) is 0 Å². The van der Waals surface area contributed by atoms with Gasteiger partial charge in [-0.25, -0.2) is 4.98 Å². The summed E-state index contributed by atoms with van der Waals surface area (Å²) in [7, 11) is 0. The molecule has 6 nitrogen and oxygen atoms in total. The molecular formula is C9H14Cl2N6. The summed E-state index contributed by atoms with van der Waals surface area (Å²) in [5.41, 5.74) is 0.782. The highest BCUT2D eigenvalue weighted by Gasteiger charge is 2.16. The van der Waals surface area contributed by atoms with E-state index < -0.39 is 0 Å². The average Bonchev–Trinajstić information content (AvgIpc) is 2.87. The predicted octanol–water partition coefficient (Wildman–Crippen LogP) is 0.742. The number of anilines is 1. The Kier molecular flexibility index (Phi) is 4.92. The molecule has 0 bridgehead atoms. The van der Waals surface area contributed by atoms with E-state index in [0.29, 0.717) is 6.04 Å². The van der Waals surface area contributed by atoms with E-state index >= 15 is 0 Å². The molecule has 1 aliphatic heterocycles. The zero-order valence-electron chi connectivity index (χ0n) is 9.04. The number of hydrogen-bond donors (Lipinski definition) is 2. The zero-order valence-corrected chi connectivity index (χ0v) is 10.7. The minimum atomic E-state index is 0. The van der Waals surface area contributed by atoms with Crippen LogP contribution in [0.2, 0.25) is 0 Å². The summed E-state index contributed by atoms with van der Waals surface area (Å²) in [5, 5.41) is 14.6. The summed E-state index contributed by atoms with van der Waals surface area (Å²) in [6.07, 6.45) is 6.39. The Balaban J connectivity index is 0.000000722. The predicted molar refractivity (Wildman–Crippen MR) is 70.2 cm³/mol. The molecule has 3 heterocycles. The monoisotopic (exact) mass is 276 g/mol. The molecule has 2 N–H and O–H groups in total. The minimum Gasteiger partial charge on any atom is -0.363 e. The first-order valence-corrected chi connectivity index (χ1v) is 5.05. The van der Waals surface area contributed by atoms with Crippen LogP contribution in [-0.4, -0.2) is 38.7 Å². The summed E-state index contributed by atoms with van der Waals surface area (Å²) < 4.78 is 1.86. The van der Waals surface area contributed by atoms with Crippen LogP contribution in [0.15, 0.2) is 18.7 Å². The first-order valence-electron chi connectivity index (χ1n) is 5.05. The molecule has 17 heavy (non-hydrogen) atoms. The van der Waals surface area contributed by atoms with Gasteiger partial charge in [-0.15, -0.1) is 35.0 Å². The van der Waals surface area contributed by atoms with Crippen molar-refractivity contribution in [3.05, 3.63) is 18.7 Å². The maximum atomic E-state index is 4.28. The highest BCUT2D eigenvalue weighted by atomic mass is 35.5. The molecule has 0 aliphatic carbocycles. The molecule has 0 saturated carbocycles. The second-order valence-electron chi connectivity index (χ2n) is 3.67. The van der Waals surface area contributed by atoms with Crippen LogP contribution in [0.5, 0.6) is 0 Å². The minimum absolute atomic E-state index is 0. The van der Waals surface area contributed by atoms with Gasteiger partial charge < -0.3 is 10.6 Å². The van der Waals surface area contributed by atoms with Crippen LogP contribution in [0, 0.1) is 0 Å². The number of nitrogens with one attached hydrogen (secondary N) is 2. The van der Waals surface area contributed by atoms with Crippen molar-refractivity contribution < 1.29 is 0 Å². The molecule has 1 unspecified atom stereocenters. The topological polar surface area (TPSA) is 67.1 Å². The molecule has 0 aromatic carbocycles. The number of aromatic nitrogens is 4. The van der Waals surface area contributed by atoms with Crippen LogP contribution in [0.4, 0.5) is 5.82 Å². The summed E-state index contributed by atoms with van der Waals surface area (Å²) in [6.45, 7) is 2.05. The number of halogens is 2. The third-order valence-corrected chi connectivity index (χ3v) is 2.62. The van der Waals surface area contributed by atoms with Gasteiger partial charge in [-0.1, -0.05) is 0 Å². The van der Waals surface area contributed by atoms with E-state index in [4.69, 9.17) is 0 Å². The summed E-state index contributed by atoms with van der Waals surface area (Å²) in [6, 6.07) is 0.445. The fourth-order valence-corrected chi connectivity index (χ4v) is 1.83. The van der Waals surface area contributed by atoms with Crippen LogP contribution < -0.4 is 10.6 Å². The Morgan fingerprint density at radius 2 is 2.29 bits per heavy atom. The molecule has 8 heteroatoms. The lowest BCUT2D eigenvalue weighted by atomic mass is 10.2. The van der Waals surface area contributed by atoms with Crippen LogP contribution in [0.25, 0.3) is 5.65 Å². The SMILES string of the molecule is Cl.Cl.c1cn2cnnc2c(NC2CCNC2)n1. The van der Waals surface area contributed by atoms with E-state index in [9.17, 15) is 0 Å². The largest absolute Gasteiger partial charge is 0.363 e. The van der Waals surface area contributed by atoms with Gasteiger partial charge in [0.05, 0.1) is 0 Å². The fraction of sp³-hybridized carbons (Fsp3) is 0.444. The third kappa shape index (κ3) is 2.77. The van der Waals surface area contributed by atoms with Crippen LogP contribution in [-0.2, 0) is 0 Å². The van der Waals surface area contributed by atoms with Crippen molar-refractivity contribution in [2.24, 2.45) is 0 Å². The molecule has 0 radical (unpaired) electrons. The van der Waals surface area contributed by atoms with Gasteiger partial charge in [-0.3, -0.25) is 4.40 Å². The highest BCUT2D eigenvalue weighted by Crippen LogP contribution is 2.13. The van der Waals surface area contributed by atoms with Gasteiger partial charge in [0.15, 0.2) is 5.82 Å². The maximum absolute atomic E-state index is 4.28. The molecule has 1 aliphatic rings. The molecule has 0 amide bonds. The van der Waals surface area contributed by atoms with Crippen molar-refractivity contribution in [2.45, 2.75) is 12.5 Å². The maximum Gasteiger partial charge on any atom is 0.203 e. The lowest BCUT2D eigenvalue weighted by Crippen LogP contribution is -2.23. The van der Waals surface area contributed by atoms with Crippen molar-refractivity contribution in [3.8, 4) is 0 Å². The van der Waals surface area contributed by atoms with Gasteiger partial charge >= 0.3 is 0 Å². The Bertz CT molecular complexity index is 467. The molecule has 3 rings (SSSR count). The number of fused-ring (bicyclic) bond motifs is 1. The summed E-state index contributed by atoms with van der Waals surface area (Å²) in [4.78, 5) is 4.28. The Labute approximate surface area is 111 Å². The second kappa shape index (κ2) is 6.00.